The number of thioether (sulfide) groups is 1. The Morgan fingerprint density at radius 1 is 1.13 bits per heavy atom. The third kappa shape index (κ3) is 6.83. The number of esters is 1. The summed E-state index contributed by atoms with van der Waals surface area (Å²) in [5.74, 6) is -0.692. The van der Waals surface area contributed by atoms with Crippen LogP contribution in [0.1, 0.15) is 61.7 Å². The molecular formula is C23H31N3O3S. The summed E-state index contributed by atoms with van der Waals surface area (Å²) in [6, 6.07) is 9.74. The number of benzene rings is 1. The predicted octanol–water partition coefficient (Wildman–Crippen LogP) is 4.34. The van der Waals surface area contributed by atoms with E-state index in [-0.39, 0.29) is 18.4 Å². The van der Waals surface area contributed by atoms with E-state index in [1.807, 2.05) is 50.4 Å². The molecule has 0 aliphatic carbocycles. The number of aryl methyl sites for hydroxylation is 2. The number of carbonyl (C=O) groups is 2. The van der Waals surface area contributed by atoms with E-state index >= 15 is 0 Å². The lowest BCUT2D eigenvalue weighted by Gasteiger charge is -2.21. The Morgan fingerprint density at radius 2 is 1.77 bits per heavy atom. The molecule has 0 fully saturated rings. The first-order valence-corrected chi connectivity index (χ1v) is 11.5. The molecule has 0 saturated carbocycles. The summed E-state index contributed by atoms with van der Waals surface area (Å²) in [6.45, 7) is 7.52. The monoisotopic (exact) mass is 429 g/mol. The zero-order chi connectivity index (χ0) is 22.1. The van der Waals surface area contributed by atoms with Gasteiger partial charge in [-0.15, -0.1) is 0 Å². The highest BCUT2D eigenvalue weighted by Crippen LogP contribution is 2.19. The quantitative estimate of drug-likeness (QED) is 0.344. The highest BCUT2D eigenvalue weighted by Gasteiger charge is 2.22. The fourth-order valence-electron chi connectivity index (χ4n) is 3.28. The van der Waals surface area contributed by atoms with E-state index in [0.717, 1.165) is 40.5 Å². The van der Waals surface area contributed by atoms with E-state index in [0.29, 0.717) is 6.42 Å². The number of nitrogens with one attached hydrogen (secondary N) is 1. The van der Waals surface area contributed by atoms with Crippen LogP contribution < -0.4 is 5.32 Å². The summed E-state index contributed by atoms with van der Waals surface area (Å²) >= 11 is 1.49. The fourth-order valence-corrected chi connectivity index (χ4v) is 3.74. The normalized spacial score (nSPS) is 12.8. The van der Waals surface area contributed by atoms with Gasteiger partial charge in [0.25, 0.3) is 5.91 Å². The number of rotatable bonds is 10. The average molecular weight is 430 g/mol. The number of ether oxygens (including phenoxy) is 1. The van der Waals surface area contributed by atoms with Gasteiger partial charge in [0.1, 0.15) is 0 Å². The minimum atomic E-state index is -0.849. The fraction of sp³-hybridized carbons (Fsp3) is 0.478. The molecule has 1 aromatic carbocycles. The summed E-state index contributed by atoms with van der Waals surface area (Å²) in [6.07, 6.45) is 3.50. The number of carbonyl (C=O) groups excluding carboxylic acids is 2. The topological polar surface area (TPSA) is 81.2 Å². The van der Waals surface area contributed by atoms with Gasteiger partial charge in [0.15, 0.2) is 11.3 Å². The second-order valence-electron chi connectivity index (χ2n) is 7.25. The molecule has 0 spiro atoms. The average Bonchev–Trinajstić information content (AvgIpc) is 2.73. The van der Waals surface area contributed by atoms with Crippen molar-refractivity contribution in [3.05, 3.63) is 52.8 Å². The molecule has 30 heavy (non-hydrogen) atoms. The third-order valence-corrected chi connectivity index (χ3v) is 5.48. The van der Waals surface area contributed by atoms with Crippen LogP contribution in [0.5, 0.6) is 0 Å². The molecule has 2 rings (SSSR count). The molecule has 1 amide bonds. The Morgan fingerprint density at radius 3 is 2.33 bits per heavy atom. The Hall–Kier alpha value is -2.41. The van der Waals surface area contributed by atoms with E-state index in [2.05, 4.69) is 22.2 Å². The van der Waals surface area contributed by atoms with Crippen molar-refractivity contribution >= 4 is 23.6 Å². The first-order valence-electron chi connectivity index (χ1n) is 10.3. The van der Waals surface area contributed by atoms with Gasteiger partial charge in [-0.3, -0.25) is 9.59 Å². The third-order valence-electron chi connectivity index (χ3n) is 4.94. The first kappa shape index (κ1) is 23.9. The van der Waals surface area contributed by atoms with Crippen LogP contribution in [0.4, 0.5) is 0 Å². The van der Waals surface area contributed by atoms with Crippen molar-refractivity contribution in [1.82, 2.24) is 15.3 Å². The van der Waals surface area contributed by atoms with Gasteiger partial charge >= 0.3 is 5.97 Å². The highest BCUT2D eigenvalue weighted by atomic mass is 32.2. The Balaban J connectivity index is 1.91. The molecule has 6 nitrogen and oxygen atoms in total. The minimum absolute atomic E-state index is 0.0951. The van der Waals surface area contributed by atoms with Gasteiger partial charge in [-0.2, -0.15) is 0 Å². The number of amides is 1. The van der Waals surface area contributed by atoms with Crippen LogP contribution in [0.2, 0.25) is 0 Å². The van der Waals surface area contributed by atoms with E-state index in [4.69, 9.17) is 4.74 Å². The molecule has 1 N–H and O–H groups in total. The summed E-state index contributed by atoms with van der Waals surface area (Å²) < 4.78 is 5.38. The second kappa shape index (κ2) is 11.7. The molecule has 0 radical (unpaired) electrons. The zero-order valence-electron chi connectivity index (χ0n) is 18.4. The van der Waals surface area contributed by atoms with Crippen molar-refractivity contribution in [2.75, 3.05) is 6.26 Å². The summed E-state index contributed by atoms with van der Waals surface area (Å²) in [7, 11) is 0. The Bertz CT molecular complexity index is 835. The number of aromatic nitrogens is 2. The molecule has 2 atom stereocenters. The van der Waals surface area contributed by atoms with Gasteiger partial charge in [0.05, 0.1) is 6.04 Å². The van der Waals surface area contributed by atoms with Gasteiger partial charge in [0, 0.05) is 17.8 Å². The van der Waals surface area contributed by atoms with E-state index in [1.54, 1.807) is 6.92 Å². The van der Waals surface area contributed by atoms with Crippen LogP contribution in [0.25, 0.3) is 0 Å². The smallest absolute Gasteiger partial charge is 0.306 e. The highest BCUT2D eigenvalue weighted by molar-refractivity contribution is 7.98. The van der Waals surface area contributed by atoms with Crippen LogP contribution in [0.15, 0.2) is 35.5 Å². The molecule has 162 valence electrons. The Labute approximate surface area is 183 Å². The maximum Gasteiger partial charge on any atom is 0.306 e. The number of hydrogen-bond donors (Lipinski definition) is 1. The molecular weight excluding hydrogens is 398 g/mol. The van der Waals surface area contributed by atoms with Gasteiger partial charge < -0.3 is 10.1 Å². The summed E-state index contributed by atoms with van der Waals surface area (Å²) in [5, 5.41) is 3.73. The molecule has 0 saturated heterocycles. The van der Waals surface area contributed by atoms with Gasteiger partial charge in [-0.25, -0.2) is 9.97 Å². The van der Waals surface area contributed by atoms with Gasteiger partial charge in [-0.1, -0.05) is 55.4 Å². The van der Waals surface area contributed by atoms with Crippen LogP contribution >= 0.6 is 11.8 Å². The van der Waals surface area contributed by atoms with Crippen LogP contribution in [-0.2, 0) is 20.7 Å². The van der Waals surface area contributed by atoms with Gasteiger partial charge in [-0.05, 0) is 51.0 Å². The van der Waals surface area contributed by atoms with Crippen molar-refractivity contribution in [2.24, 2.45) is 0 Å². The lowest BCUT2D eigenvalue weighted by molar-refractivity contribution is -0.155. The molecule has 1 heterocycles. The SMILES string of the molecule is CCC[C@@H](NC(=O)[C@H](C)OC(=O)CCc1c(C)nc(SC)nc1C)c1ccccc1. The predicted molar refractivity (Wildman–Crippen MR) is 119 cm³/mol. The van der Waals surface area contributed by atoms with Gasteiger partial charge in [0.2, 0.25) is 0 Å². The lowest BCUT2D eigenvalue weighted by Crippen LogP contribution is -2.38. The first-order chi connectivity index (χ1) is 14.3. The molecule has 7 heteroatoms. The van der Waals surface area contributed by atoms with E-state index in [1.165, 1.54) is 11.8 Å². The minimum Gasteiger partial charge on any atom is -0.453 e. The van der Waals surface area contributed by atoms with Crippen LogP contribution in [0.3, 0.4) is 0 Å². The van der Waals surface area contributed by atoms with Crippen LogP contribution in [-0.4, -0.2) is 34.2 Å². The molecule has 1 aromatic heterocycles. The summed E-state index contributed by atoms with van der Waals surface area (Å²) in [4.78, 5) is 33.8. The van der Waals surface area contributed by atoms with Crippen molar-refractivity contribution in [2.45, 2.75) is 70.7 Å². The lowest BCUT2D eigenvalue weighted by atomic mass is 10.0. The maximum atomic E-state index is 12.6. The molecule has 0 unspecified atom stereocenters. The molecule has 2 aromatic rings. The maximum absolute atomic E-state index is 12.6. The van der Waals surface area contributed by atoms with E-state index < -0.39 is 12.1 Å². The number of nitrogens with zero attached hydrogens (tertiary/aromatic N) is 2. The van der Waals surface area contributed by atoms with Crippen LogP contribution in [0, 0.1) is 13.8 Å². The van der Waals surface area contributed by atoms with Crippen molar-refractivity contribution in [3.63, 3.8) is 0 Å². The Kier molecular flexibility index (Phi) is 9.30. The largest absolute Gasteiger partial charge is 0.453 e. The zero-order valence-corrected chi connectivity index (χ0v) is 19.2. The standard InChI is InChI=1S/C23H31N3O3S/c1-6-10-20(18-11-8-7-9-12-18)26-22(28)17(4)29-21(27)14-13-19-15(2)24-23(30-5)25-16(19)3/h7-9,11-12,17,20H,6,10,13-14H2,1-5H3,(H,26,28)/t17-,20+/m0/s1. The van der Waals surface area contributed by atoms with Crippen molar-refractivity contribution in [1.29, 1.82) is 0 Å². The van der Waals surface area contributed by atoms with Crippen molar-refractivity contribution in [3.8, 4) is 0 Å². The van der Waals surface area contributed by atoms with E-state index in [9.17, 15) is 9.59 Å². The van der Waals surface area contributed by atoms with Crippen molar-refractivity contribution < 1.29 is 14.3 Å². The number of hydrogen-bond acceptors (Lipinski definition) is 6. The molecule has 0 aliphatic rings. The molecule has 0 bridgehead atoms. The second-order valence-corrected chi connectivity index (χ2v) is 8.03. The summed E-state index contributed by atoms with van der Waals surface area (Å²) in [5.41, 5.74) is 3.74. The molecule has 0 aliphatic heterocycles.